The first-order valence-corrected chi connectivity index (χ1v) is 12.4. The zero-order chi connectivity index (χ0) is 27.0. The SMILES string of the molecule is O=C(Nc1ccc(N(C(=O)c2ccccc2)c2ccc(NC(=O)c3ccccc3)cc2)cc1)c1ccccc1. The van der Waals surface area contributed by atoms with Crippen LogP contribution in [0.1, 0.15) is 31.1 Å². The van der Waals surface area contributed by atoms with Crippen molar-refractivity contribution in [3.8, 4) is 0 Å². The summed E-state index contributed by atoms with van der Waals surface area (Å²) >= 11 is 0. The molecule has 6 heteroatoms. The van der Waals surface area contributed by atoms with Crippen LogP contribution in [0.25, 0.3) is 0 Å². The Morgan fingerprint density at radius 3 is 1.10 bits per heavy atom. The van der Waals surface area contributed by atoms with Crippen molar-refractivity contribution in [1.29, 1.82) is 0 Å². The third kappa shape index (κ3) is 6.09. The lowest BCUT2D eigenvalue weighted by Gasteiger charge is -2.24. The molecule has 0 unspecified atom stereocenters. The van der Waals surface area contributed by atoms with Crippen LogP contribution in [0.3, 0.4) is 0 Å². The van der Waals surface area contributed by atoms with Crippen LogP contribution in [-0.2, 0) is 0 Å². The third-order valence-electron chi connectivity index (χ3n) is 6.06. The molecule has 0 saturated carbocycles. The fourth-order valence-electron chi connectivity index (χ4n) is 4.07. The van der Waals surface area contributed by atoms with Crippen LogP contribution in [0.4, 0.5) is 22.7 Å². The number of carbonyl (C=O) groups excluding carboxylic acids is 3. The van der Waals surface area contributed by atoms with Crippen LogP contribution in [0.15, 0.2) is 140 Å². The van der Waals surface area contributed by atoms with E-state index in [0.29, 0.717) is 39.4 Å². The summed E-state index contributed by atoms with van der Waals surface area (Å²) in [5, 5.41) is 5.76. The summed E-state index contributed by atoms with van der Waals surface area (Å²) in [6.45, 7) is 0. The normalized spacial score (nSPS) is 10.4. The quantitative estimate of drug-likeness (QED) is 0.243. The van der Waals surface area contributed by atoms with Gasteiger partial charge in [-0.1, -0.05) is 54.6 Å². The average molecular weight is 512 g/mol. The molecular formula is C33H25N3O3. The molecule has 5 rings (SSSR count). The van der Waals surface area contributed by atoms with E-state index in [4.69, 9.17) is 0 Å². The van der Waals surface area contributed by atoms with Gasteiger partial charge in [-0.25, -0.2) is 0 Å². The Balaban J connectivity index is 1.39. The zero-order valence-electron chi connectivity index (χ0n) is 21.0. The predicted octanol–water partition coefficient (Wildman–Crippen LogP) is 7.17. The van der Waals surface area contributed by atoms with Gasteiger partial charge in [0, 0.05) is 39.4 Å². The molecule has 0 aromatic heterocycles. The number of hydrogen-bond donors (Lipinski definition) is 2. The van der Waals surface area contributed by atoms with Crippen LogP contribution >= 0.6 is 0 Å². The van der Waals surface area contributed by atoms with E-state index in [1.165, 1.54) is 0 Å². The molecule has 0 aliphatic rings. The van der Waals surface area contributed by atoms with Gasteiger partial charge in [-0.15, -0.1) is 0 Å². The minimum absolute atomic E-state index is 0.210. The lowest BCUT2D eigenvalue weighted by molar-refractivity contribution is 0.0995. The highest BCUT2D eigenvalue weighted by Gasteiger charge is 2.20. The maximum atomic E-state index is 13.6. The lowest BCUT2D eigenvalue weighted by atomic mass is 10.1. The van der Waals surface area contributed by atoms with Gasteiger partial charge in [0.2, 0.25) is 0 Å². The molecule has 190 valence electrons. The Labute approximate surface area is 226 Å². The average Bonchev–Trinajstić information content (AvgIpc) is 3.00. The van der Waals surface area contributed by atoms with Gasteiger partial charge in [0.15, 0.2) is 0 Å². The summed E-state index contributed by atoms with van der Waals surface area (Å²) < 4.78 is 0. The smallest absolute Gasteiger partial charge is 0.262 e. The Morgan fingerprint density at radius 1 is 0.410 bits per heavy atom. The summed E-state index contributed by atoms with van der Waals surface area (Å²) in [4.78, 5) is 40.3. The van der Waals surface area contributed by atoms with Crippen molar-refractivity contribution >= 4 is 40.5 Å². The summed E-state index contributed by atoms with van der Waals surface area (Å²) in [6, 6.07) is 41.1. The largest absolute Gasteiger partial charge is 0.322 e. The minimum atomic E-state index is -0.214. The molecule has 0 heterocycles. The number of carbonyl (C=O) groups is 3. The molecule has 5 aromatic carbocycles. The Bertz CT molecular complexity index is 1470. The fraction of sp³-hybridized carbons (Fsp3) is 0. The van der Waals surface area contributed by atoms with Crippen LogP contribution < -0.4 is 15.5 Å². The molecule has 0 spiro atoms. The topological polar surface area (TPSA) is 78.5 Å². The van der Waals surface area contributed by atoms with E-state index in [0.717, 1.165) is 0 Å². The van der Waals surface area contributed by atoms with E-state index in [9.17, 15) is 14.4 Å². The van der Waals surface area contributed by atoms with E-state index in [1.54, 1.807) is 89.8 Å². The second-order valence-electron chi connectivity index (χ2n) is 8.74. The number of benzene rings is 5. The van der Waals surface area contributed by atoms with Gasteiger partial charge in [0.05, 0.1) is 0 Å². The van der Waals surface area contributed by atoms with Gasteiger partial charge in [-0.3, -0.25) is 19.3 Å². The molecule has 39 heavy (non-hydrogen) atoms. The number of nitrogens with one attached hydrogen (secondary N) is 2. The van der Waals surface area contributed by atoms with E-state index in [1.807, 2.05) is 54.6 Å². The molecule has 0 aliphatic heterocycles. The summed E-state index contributed by atoms with van der Waals surface area (Å²) in [5.74, 6) is -0.639. The second kappa shape index (κ2) is 11.7. The fourth-order valence-corrected chi connectivity index (χ4v) is 4.07. The molecule has 3 amide bonds. The highest BCUT2D eigenvalue weighted by atomic mass is 16.2. The highest BCUT2D eigenvalue weighted by molar-refractivity contribution is 6.11. The van der Waals surface area contributed by atoms with Crippen LogP contribution in [-0.4, -0.2) is 17.7 Å². The number of amides is 3. The van der Waals surface area contributed by atoms with Gasteiger partial charge in [-0.2, -0.15) is 0 Å². The molecule has 6 nitrogen and oxygen atoms in total. The minimum Gasteiger partial charge on any atom is -0.322 e. The van der Waals surface area contributed by atoms with Crippen LogP contribution in [0.2, 0.25) is 0 Å². The van der Waals surface area contributed by atoms with Crippen molar-refractivity contribution in [3.63, 3.8) is 0 Å². The van der Waals surface area contributed by atoms with Gasteiger partial charge in [-0.05, 0) is 84.9 Å². The molecule has 5 aromatic rings. The van der Waals surface area contributed by atoms with Gasteiger partial charge in [0.1, 0.15) is 0 Å². The third-order valence-corrected chi connectivity index (χ3v) is 6.06. The number of nitrogens with zero attached hydrogens (tertiary/aromatic N) is 1. The molecule has 0 radical (unpaired) electrons. The Morgan fingerprint density at radius 2 is 0.744 bits per heavy atom. The second-order valence-corrected chi connectivity index (χ2v) is 8.74. The maximum Gasteiger partial charge on any atom is 0.262 e. The molecule has 0 aliphatic carbocycles. The lowest BCUT2D eigenvalue weighted by Crippen LogP contribution is -2.26. The van der Waals surface area contributed by atoms with Gasteiger partial charge in [0.25, 0.3) is 17.7 Å². The standard InChI is InChI=1S/C33H25N3O3/c37-31(24-10-4-1-5-11-24)34-27-16-20-29(21-17-27)36(33(39)26-14-8-3-9-15-26)30-22-18-28(19-23-30)35-32(38)25-12-6-2-7-13-25/h1-23H,(H,34,37)(H,35,38). The van der Waals surface area contributed by atoms with Crippen LogP contribution in [0.5, 0.6) is 0 Å². The van der Waals surface area contributed by atoms with E-state index >= 15 is 0 Å². The van der Waals surface area contributed by atoms with Gasteiger partial charge >= 0.3 is 0 Å². The molecule has 0 bridgehead atoms. The number of rotatable bonds is 7. The molecular weight excluding hydrogens is 486 g/mol. The van der Waals surface area contributed by atoms with Crippen molar-refractivity contribution in [2.45, 2.75) is 0 Å². The summed E-state index contributed by atoms with van der Waals surface area (Å²) in [5.41, 5.74) is 4.12. The zero-order valence-corrected chi connectivity index (χ0v) is 21.0. The van der Waals surface area contributed by atoms with Crippen molar-refractivity contribution in [3.05, 3.63) is 156 Å². The van der Waals surface area contributed by atoms with Crippen molar-refractivity contribution in [2.24, 2.45) is 0 Å². The first-order valence-electron chi connectivity index (χ1n) is 12.4. The number of hydrogen-bond acceptors (Lipinski definition) is 3. The Hall–Kier alpha value is -5.49. The van der Waals surface area contributed by atoms with E-state index in [2.05, 4.69) is 10.6 Å². The van der Waals surface area contributed by atoms with Crippen LogP contribution in [0, 0.1) is 0 Å². The molecule has 0 fully saturated rings. The Kier molecular flexibility index (Phi) is 7.56. The van der Waals surface area contributed by atoms with E-state index < -0.39 is 0 Å². The molecule has 2 N–H and O–H groups in total. The van der Waals surface area contributed by atoms with E-state index in [-0.39, 0.29) is 17.7 Å². The van der Waals surface area contributed by atoms with Crippen molar-refractivity contribution in [2.75, 3.05) is 15.5 Å². The van der Waals surface area contributed by atoms with Gasteiger partial charge < -0.3 is 10.6 Å². The summed E-state index contributed by atoms with van der Waals surface area (Å²) in [7, 11) is 0. The summed E-state index contributed by atoms with van der Waals surface area (Å²) in [6.07, 6.45) is 0. The van der Waals surface area contributed by atoms with Crippen molar-refractivity contribution in [1.82, 2.24) is 0 Å². The predicted molar refractivity (Wildman–Crippen MR) is 155 cm³/mol. The van der Waals surface area contributed by atoms with Crippen molar-refractivity contribution < 1.29 is 14.4 Å². The monoisotopic (exact) mass is 511 g/mol. The first kappa shape index (κ1) is 25.2. The highest BCUT2D eigenvalue weighted by Crippen LogP contribution is 2.30. The first-order chi connectivity index (χ1) is 19.1. The molecule has 0 atom stereocenters. The molecule has 0 saturated heterocycles. The number of anilines is 4. The maximum absolute atomic E-state index is 13.6.